The van der Waals surface area contributed by atoms with Gasteiger partial charge in [0.1, 0.15) is 11.5 Å². The molecule has 0 saturated carbocycles. The summed E-state index contributed by atoms with van der Waals surface area (Å²) in [5, 5.41) is 3.10. The number of nitrogens with zero attached hydrogens (tertiary/aromatic N) is 1. The molecule has 9 heteroatoms. The molecule has 0 aliphatic carbocycles. The first-order valence-electron chi connectivity index (χ1n) is 7.86. The Morgan fingerprint density at radius 1 is 1.15 bits per heavy atom. The van der Waals surface area contributed by atoms with Crippen LogP contribution in [0.15, 0.2) is 30.3 Å². The van der Waals surface area contributed by atoms with E-state index in [4.69, 9.17) is 21.1 Å². The van der Waals surface area contributed by atoms with E-state index in [1.54, 1.807) is 31.2 Å². The van der Waals surface area contributed by atoms with Crippen molar-refractivity contribution in [2.75, 3.05) is 37.1 Å². The Hall–Kier alpha value is -2.45. The Bertz CT molecular complexity index is 976. The van der Waals surface area contributed by atoms with Crippen LogP contribution in [-0.2, 0) is 10.0 Å². The largest absolute Gasteiger partial charge is 0.495 e. The molecule has 1 amide bonds. The molecule has 0 bridgehead atoms. The van der Waals surface area contributed by atoms with Crippen LogP contribution in [0.4, 0.5) is 11.4 Å². The molecule has 0 aliphatic rings. The van der Waals surface area contributed by atoms with Gasteiger partial charge in [0.15, 0.2) is 0 Å². The van der Waals surface area contributed by atoms with Crippen molar-refractivity contribution in [2.45, 2.75) is 6.92 Å². The number of anilines is 2. The number of rotatable bonds is 6. The molecule has 0 spiro atoms. The molecule has 1 N–H and O–H groups in total. The molecule has 2 rings (SSSR count). The third-order valence-electron chi connectivity index (χ3n) is 4.11. The lowest BCUT2D eigenvalue weighted by Gasteiger charge is -2.21. The van der Waals surface area contributed by atoms with Crippen molar-refractivity contribution in [3.63, 3.8) is 0 Å². The maximum absolute atomic E-state index is 12.8. The number of carbonyl (C=O) groups is 1. The van der Waals surface area contributed by atoms with Gasteiger partial charge in [0.25, 0.3) is 5.91 Å². The lowest BCUT2D eigenvalue weighted by Crippen LogP contribution is -2.26. The zero-order valence-electron chi connectivity index (χ0n) is 15.7. The van der Waals surface area contributed by atoms with Crippen molar-refractivity contribution in [3.8, 4) is 11.5 Å². The van der Waals surface area contributed by atoms with E-state index in [1.165, 1.54) is 27.3 Å². The van der Waals surface area contributed by atoms with Crippen LogP contribution in [0.1, 0.15) is 15.9 Å². The van der Waals surface area contributed by atoms with Gasteiger partial charge in [-0.25, -0.2) is 8.42 Å². The maximum atomic E-state index is 12.8. The van der Waals surface area contributed by atoms with Gasteiger partial charge >= 0.3 is 0 Å². The lowest BCUT2D eigenvalue weighted by atomic mass is 10.1. The van der Waals surface area contributed by atoms with Crippen molar-refractivity contribution in [1.82, 2.24) is 0 Å². The minimum absolute atomic E-state index is 0.332. The zero-order chi connectivity index (χ0) is 20.4. The van der Waals surface area contributed by atoms with E-state index in [9.17, 15) is 13.2 Å². The highest BCUT2D eigenvalue weighted by atomic mass is 35.5. The van der Waals surface area contributed by atoms with Gasteiger partial charge in [-0.15, -0.1) is 0 Å². The number of hydrogen-bond acceptors (Lipinski definition) is 5. The third-order valence-corrected chi connectivity index (χ3v) is 5.60. The maximum Gasteiger partial charge on any atom is 0.256 e. The standard InChI is InChI=1S/C18H21ClN2O5S/c1-11-12(7-6-8-15(11)21(2)27(5,23)24)18(22)20-14-10-16(25-3)13(19)9-17(14)26-4/h6-10H,1-5H3,(H,20,22). The Labute approximate surface area is 163 Å². The van der Waals surface area contributed by atoms with Gasteiger partial charge in [-0.05, 0) is 24.6 Å². The molecule has 0 radical (unpaired) electrons. The predicted molar refractivity (Wildman–Crippen MR) is 107 cm³/mol. The zero-order valence-corrected chi connectivity index (χ0v) is 17.2. The van der Waals surface area contributed by atoms with E-state index >= 15 is 0 Å². The summed E-state index contributed by atoms with van der Waals surface area (Å²) in [6.07, 6.45) is 1.10. The number of nitrogens with one attached hydrogen (secondary N) is 1. The minimum Gasteiger partial charge on any atom is -0.495 e. The Morgan fingerprint density at radius 2 is 1.78 bits per heavy atom. The number of halogens is 1. The monoisotopic (exact) mass is 412 g/mol. The molecule has 0 saturated heterocycles. The van der Waals surface area contributed by atoms with Crippen LogP contribution in [0.25, 0.3) is 0 Å². The molecule has 7 nitrogen and oxygen atoms in total. The quantitative estimate of drug-likeness (QED) is 0.786. The van der Waals surface area contributed by atoms with Gasteiger partial charge in [0.2, 0.25) is 10.0 Å². The predicted octanol–water partition coefficient (Wildman–Crippen LogP) is 3.31. The number of amides is 1. The van der Waals surface area contributed by atoms with E-state index in [0.717, 1.165) is 10.6 Å². The fourth-order valence-corrected chi connectivity index (χ4v) is 3.32. The first-order chi connectivity index (χ1) is 12.6. The Morgan fingerprint density at radius 3 is 2.33 bits per heavy atom. The summed E-state index contributed by atoms with van der Waals surface area (Å²) in [6, 6.07) is 7.97. The number of carbonyl (C=O) groups excluding carboxylic acids is 1. The van der Waals surface area contributed by atoms with E-state index < -0.39 is 15.9 Å². The highest BCUT2D eigenvalue weighted by Crippen LogP contribution is 2.36. The van der Waals surface area contributed by atoms with Gasteiger partial charge in [-0.2, -0.15) is 0 Å². The average molecular weight is 413 g/mol. The minimum atomic E-state index is -3.45. The van der Waals surface area contributed by atoms with Crippen LogP contribution >= 0.6 is 11.6 Å². The second-order valence-corrected chi connectivity index (χ2v) is 8.24. The van der Waals surface area contributed by atoms with Gasteiger partial charge in [-0.3, -0.25) is 9.10 Å². The molecular weight excluding hydrogens is 392 g/mol. The van der Waals surface area contributed by atoms with Crippen molar-refractivity contribution in [2.24, 2.45) is 0 Å². The molecule has 0 heterocycles. The van der Waals surface area contributed by atoms with Gasteiger partial charge < -0.3 is 14.8 Å². The van der Waals surface area contributed by atoms with Crippen LogP contribution in [0.2, 0.25) is 5.02 Å². The molecule has 2 aromatic carbocycles. The lowest BCUT2D eigenvalue weighted by molar-refractivity contribution is 0.102. The topological polar surface area (TPSA) is 84.9 Å². The van der Waals surface area contributed by atoms with E-state index in [0.29, 0.717) is 39.0 Å². The second kappa shape index (κ2) is 8.06. The van der Waals surface area contributed by atoms with E-state index in [2.05, 4.69) is 5.32 Å². The van der Waals surface area contributed by atoms with Crippen molar-refractivity contribution in [1.29, 1.82) is 0 Å². The fourth-order valence-electron chi connectivity index (χ4n) is 2.54. The number of ether oxygens (including phenoxy) is 2. The smallest absolute Gasteiger partial charge is 0.256 e. The van der Waals surface area contributed by atoms with Gasteiger partial charge in [0, 0.05) is 24.7 Å². The number of sulfonamides is 1. The Kier molecular flexibility index (Phi) is 6.22. The van der Waals surface area contributed by atoms with Crippen LogP contribution < -0.4 is 19.1 Å². The molecule has 0 atom stereocenters. The molecule has 2 aromatic rings. The highest BCUT2D eigenvalue weighted by Gasteiger charge is 2.20. The molecule has 27 heavy (non-hydrogen) atoms. The Balaban J connectivity index is 2.43. The molecular formula is C18H21ClN2O5S. The number of benzene rings is 2. The summed E-state index contributed by atoms with van der Waals surface area (Å²) in [7, 11) is 0.908. The second-order valence-electron chi connectivity index (χ2n) is 5.82. The molecule has 0 aromatic heterocycles. The summed E-state index contributed by atoms with van der Waals surface area (Å²) in [6.45, 7) is 1.69. The number of methoxy groups -OCH3 is 2. The van der Waals surface area contributed by atoms with Crippen molar-refractivity contribution in [3.05, 3.63) is 46.5 Å². The van der Waals surface area contributed by atoms with Crippen LogP contribution in [0.3, 0.4) is 0 Å². The average Bonchev–Trinajstić information content (AvgIpc) is 2.61. The summed E-state index contributed by atoms with van der Waals surface area (Å²) in [5.41, 5.74) is 1.66. The molecule has 0 unspecified atom stereocenters. The normalized spacial score (nSPS) is 11.0. The van der Waals surface area contributed by atoms with Crippen LogP contribution in [0.5, 0.6) is 11.5 Å². The van der Waals surface area contributed by atoms with Crippen molar-refractivity contribution >= 4 is 38.9 Å². The fraction of sp³-hybridized carbons (Fsp3) is 0.278. The van der Waals surface area contributed by atoms with Gasteiger partial charge in [-0.1, -0.05) is 17.7 Å². The summed E-state index contributed by atoms with van der Waals surface area (Å²) in [5.74, 6) is 0.338. The van der Waals surface area contributed by atoms with Crippen LogP contribution in [-0.4, -0.2) is 41.8 Å². The molecule has 0 fully saturated rings. The number of hydrogen-bond donors (Lipinski definition) is 1. The summed E-state index contributed by atoms with van der Waals surface area (Å²) < 4.78 is 35.2. The van der Waals surface area contributed by atoms with E-state index in [-0.39, 0.29) is 0 Å². The SMILES string of the molecule is COc1cc(NC(=O)c2cccc(N(C)S(C)(=O)=O)c2C)c(OC)cc1Cl. The summed E-state index contributed by atoms with van der Waals surface area (Å²) in [4.78, 5) is 12.8. The third kappa shape index (κ3) is 4.45. The highest BCUT2D eigenvalue weighted by molar-refractivity contribution is 7.92. The van der Waals surface area contributed by atoms with Crippen molar-refractivity contribution < 1.29 is 22.7 Å². The molecule has 146 valence electrons. The first-order valence-corrected chi connectivity index (χ1v) is 10.1. The summed E-state index contributed by atoms with van der Waals surface area (Å²) >= 11 is 6.08. The van der Waals surface area contributed by atoms with Crippen LogP contribution in [0, 0.1) is 6.92 Å². The first kappa shape index (κ1) is 20.9. The van der Waals surface area contributed by atoms with Gasteiger partial charge in [0.05, 0.1) is 36.9 Å². The molecule has 0 aliphatic heterocycles. The van der Waals surface area contributed by atoms with E-state index in [1.807, 2.05) is 0 Å².